The Labute approximate surface area is 86.0 Å². The molecule has 0 spiro atoms. The first-order valence-corrected chi connectivity index (χ1v) is 5.27. The minimum atomic E-state index is 0.121. The fourth-order valence-electron chi connectivity index (χ4n) is 1.78. The molecule has 1 saturated heterocycles. The summed E-state index contributed by atoms with van der Waals surface area (Å²) >= 11 is 0. The van der Waals surface area contributed by atoms with Crippen LogP contribution in [0.1, 0.15) is 19.8 Å². The van der Waals surface area contributed by atoms with Gasteiger partial charge < -0.3 is 15.5 Å². The Hall–Kier alpha value is -0.610. The second-order valence-electron chi connectivity index (χ2n) is 4.30. The minimum absolute atomic E-state index is 0.121. The fourth-order valence-corrected chi connectivity index (χ4v) is 1.78. The number of piperidine rings is 1. The van der Waals surface area contributed by atoms with Gasteiger partial charge in [0.15, 0.2) is 0 Å². The summed E-state index contributed by atoms with van der Waals surface area (Å²) in [7, 11) is 3.81. The zero-order valence-electron chi connectivity index (χ0n) is 9.34. The van der Waals surface area contributed by atoms with Gasteiger partial charge in [0.25, 0.3) is 0 Å². The van der Waals surface area contributed by atoms with Crippen LogP contribution in [0.3, 0.4) is 0 Å². The molecule has 1 rings (SSSR count). The third-order valence-corrected chi connectivity index (χ3v) is 2.57. The number of carbonyl (C=O) groups excluding carboxylic acids is 1. The van der Waals surface area contributed by atoms with Crippen molar-refractivity contribution in [1.29, 1.82) is 0 Å². The van der Waals surface area contributed by atoms with E-state index in [9.17, 15) is 4.79 Å². The first kappa shape index (κ1) is 11.5. The summed E-state index contributed by atoms with van der Waals surface area (Å²) in [6.45, 7) is 3.67. The second kappa shape index (κ2) is 5.32. The lowest BCUT2D eigenvalue weighted by Gasteiger charge is -2.30. The molecule has 0 bridgehead atoms. The van der Waals surface area contributed by atoms with Gasteiger partial charge in [-0.05, 0) is 40.4 Å². The van der Waals surface area contributed by atoms with Crippen LogP contribution in [0.15, 0.2) is 0 Å². The molecular weight excluding hydrogens is 178 g/mol. The van der Waals surface area contributed by atoms with Crippen molar-refractivity contribution in [3.8, 4) is 0 Å². The first-order chi connectivity index (χ1) is 6.59. The number of amides is 1. The molecule has 4 nitrogen and oxygen atoms in total. The lowest BCUT2D eigenvalue weighted by Crippen LogP contribution is -2.53. The molecule has 2 atom stereocenters. The normalized spacial score (nSPS) is 27.7. The van der Waals surface area contributed by atoms with E-state index in [2.05, 4.69) is 17.6 Å². The third-order valence-electron chi connectivity index (χ3n) is 2.57. The van der Waals surface area contributed by atoms with Crippen LogP contribution in [0.4, 0.5) is 0 Å². The average Bonchev–Trinajstić information content (AvgIpc) is 2.07. The minimum Gasteiger partial charge on any atom is -0.351 e. The van der Waals surface area contributed by atoms with Gasteiger partial charge in [-0.2, -0.15) is 0 Å². The van der Waals surface area contributed by atoms with E-state index < -0.39 is 0 Å². The van der Waals surface area contributed by atoms with Crippen molar-refractivity contribution < 1.29 is 4.79 Å². The van der Waals surface area contributed by atoms with Crippen LogP contribution in [0.2, 0.25) is 0 Å². The van der Waals surface area contributed by atoms with Gasteiger partial charge in [0, 0.05) is 12.1 Å². The molecule has 0 radical (unpaired) electrons. The molecule has 1 heterocycles. The molecular formula is C10H21N3O. The Kier molecular flexibility index (Phi) is 4.35. The number of hydrogen-bond donors (Lipinski definition) is 2. The van der Waals surface area contributed by atoms with Crippen molar-refractivity contribution in [1.82, 2.24) is 15.5 Å². The number of hydrogen-bond acceptors (Lipinski definition) is 3. The molecule has 0 aromatic heterocycles. The summed E-state index contributed by atoms with van der Waals surface area (Å²) < 4.78 is 0. The van der Waals surface area contributed by atoms with Gasteiger partial charge in [-0.15, -0.1) is 0 Å². The van der Waals surface area contributed by atoms with Gasteiger partial charge >= 0.3 is 0 Å². The Morgan fingerprint density at radius 1 is 1.57 bits per heavy atom. The molecule has 0 aromatic rings. The van der Waals surface area contributed by atoms with Crippen LogP contribution < -0.4 is 10.6 Å². The van der Waals surface area contributed by atoms with Crippen molar-refractivity contribution in [3.63, 3.8) is 0 Å². The standard InChI is InChI=1S/C10H21N3O/c1-8-9(5-4-6-11-8)12-10(14)7-13(2)3/h8-9,11H,4-7H2,1-3H3,(H,12,14). The molecule has 1 fully saturated rings. The van der Waals surface area contributed by atoms with E-state index >= 15 is 0 Å². The molecule has 1 aliphatic rings. The molecule has 14 heavy (non-hydrogen) atoms. The number of rotatable bonds is 3. The molecule has 2 unspecified atom stereocenters. The van der Waals surface area contributed by atoms with E-state index in [4.69, 9.17) is 0 Å². The van der Waals surface area contributed by atoms with E-state index in [1.165, 1.54) is 0 Å². The molecule has 82 valence electrons. The highest BCUT2D eigenvalue weighted by Crippen LogP contribution is 2.07. The SMILES string of the molecule is CC1NCCCC1NC(=O)CN(C)C. The van der Waals surface area contributed by atoms with E-state index in [1.54, 1.807) is 0 Å². The maximum absolute atomic E-state index is 11.5. The highest BCUT2D eigenvalue weighted by atomic mass is 16.2. The summed E-state index contributed by atoms with van der Waals surface area (Å²) in [6.07, 6.45) is 2.24. The number of nitrogens with one attached hydrogen (secondary N) is 2. The predicted octanol–water partition coefficient (Wildman–Crippen LogP) is -0.195. The number of likely N-dealkylation sites (N-methyl/N-ethyl adjacent to an activating group) is 1. The van der Waals surface area contributed by atoms with Crippen LogP contribution in [0.25, 0.3) is 0 Å². The topological polar surface area (TPSA) is 44.4 Å². The van der Waals surface area contributed by atoms with Crippen molar-refractivity contribution >= 4 is 5.91 Å². The average molecular weight is 199 g/mol. The lowest BCUT2D eigenvalue weighted by atomic mass is 10.00. The fraction of sp³-hybridized carbons (Fsp3) is 0.900. The number of nitrogens with zero attached hydrogens (tertiary/aromatic N) is 1. The van der Waals surface area contributed by atoms with Gasteiger partial charge in [0.05, 0.1) is 6.54 Å². The Bertz CT molecular complexity index is 194. The zero-order chi connectivity index (χ0) is 10.6. The highest BCUT2D eigenvalue weighted by molar-refractivity contribution is 5.78. The van der Waals surface area contributed by atoms with Crippen LogP contribution in [-0.2, 0) is 4.79 Å². The van der Waals surface area contributed by atoms with Crippen molar-refractivity contribution in [2.75, 3.05) is 27.2 Å². The maximum atomic E-state index is 11.5. The third kappa shape index (κ3) is 3.64. The maximum Gasteiger partial charge on any atom is 0.234 e. The van der Waals surface area contributed by atoms with E-state index in [0.29, 0.717) is 18.6 Å². The summed E-state index contributed by atoms with van der Waals surface area (Å²) in [6, 6.07) is 0.700. The van der Waals surface area contributed by atoms with E-state index in [0.717, 1.165) is 19.4 Å². The smallest absolute Gasteiger partial charge is 0.234 e. The predicted molar refractivity (Wildman–Crippen MR) is 57.2 cm³/mol. The highest BCUT2D eigenvalue weighted by Gasteiger charge is 2.22. The summed E-state index contributed by atoms with van der Waals surface area (Å²) in [5, 5.41) is 6.42. The Morgan fingerprint density at radius 2 is 2.29 bits per heavy atom. The molecule has 4 heteroatoms. The number of carbonyl (C=O) groups is 1. The lowest BCUT2D eigenvalue weighted by molar-refractivity contribution is -0.122. The second-order valence-corrected chi connectivity index (χ2v) is 4.30. The van der Waals surface area contributed by atoms with Gasteiger partial charge in [-0.25, -0.2) is 0 Å². The van der Waals surface area contributed by atoms with Crippen LogP contribution in [-0.4, -0.2) is 50.1 Å². The largest absolute Gasteiger partial charge is 0.351 e. The van der Waals surface area contributed by atoms with Gasteiger partial charge in [-0.3, -0.25) is 4.79 Å². The van der Waals surface area contributed by atoms with Gasteiger partial charge in [-0.1, -0.05) is 0 Å². The molecule has 0 saturated carbocycles. The van der Waals surface area contributed by atoms with Crippen molar-refractivity contribution in [2.24, 2.45) is 0 Å². The Balaban J connectivity index is 2.31. The van der Waals surface area contributed by atoms with Crippen LogP contribution >= 0.6 is 0 Å². The zero-order valence-corrected chi connectivity index (χ0v) is 9.34. The van der Waals surface area contributed by atoms with E-state index in [-0.39, 0.29) is 5.91 Å². The first-order valence-electron chi connectivity index (χ1n) is 5.27. The molecule has 1 aliphatic heterocycles. The van der Waals surface area contributed by atoms with Crippen LogP contribution in [0.5, 0.6) is 0 Å². The Morgan fingerprint density at radius 3 is 2.86 bits per heavy atom. The molecule has 1 amide bonds. The van der Waals surface area contributed by atoms with Gasteiger partial charge in [0.2, 0.25) is 5.91 Å². The van der Waals surface area contributed by atoms with Crippen molar-refractivity contribution in [2.45, 2.75) is 31.8 Å². The monoisotopic (exact) mass is 199 g/mol. The molecule has 2 N–H and O–H groups in total. The van der Waals surface area contributed by atoms with Crippen LogP contribution in [0, 0.1) is 0 Å². The van der Waals surface area contributed by atoms with Crippen molar-refractivity contribution in [3.05, 3.63) is 0 Å². The summed E-state index contributed by atoms with van der Waals surface area (Å²) in [5.74, 6) is 0.121. The molecule has 0 aromatic carbocycles. The van der Waals surface area contributed by atoms with Gasteiger partial charge in [0.1, 0.15) is 0 Å². The molecule has 0 aliphatic carbocycles. The quantitative estimate of drug-likeness (QED) is 0.662. The summed E-state index contributed by atoms with van der Waals surface area (Å²) in [5.41, 5.74) is 0. The summed E-state index contributed by atoms with van der Waals surface area (Å²) in [4.78, 5) is 13.4. The van der Waals surface area contributed by atoms with E-state index in [1.807, 2.05) is 19.0 Å².